The molecule has 0 aliphatic carbocycles. The summed E-state index contributed by atoms with van der Waals surface area (Å²) >= 11 is 0. The number of aromatic nitrogens is 2. The van der Waals surface area contributed by atoms with Crippen LogP contribution in [0.5, 0.6) is 0 Å². The van der Waals surface area contributed by atoms with Gasteiger partial charge in [-0.1, -0.05) is 36.4 Å². The van der Waals surface area contributed by atoms with Crippen LogP contribution in [0.25, 0.3) is 16.9 Å². The van der Waals surface area contributed by atoms with Crippen molar-refractivity contribution in [2.45, 2.75) is 18.3 Å². The molecule has 184 valence electrons. The van der Waals surface area contributed by atoms with Gasteiger partial charge in [0.05, 0.1) is 23.1 Å². The first-order valence-electron chi connectivity index (χ1n) is 10.6. The van der Waals surface area contributed by atoms with Gasteiger partial charge in [-0.05, 0) is 23.8 Å². The number of halogens is 3. The van der Waals surface area contributed by atoms with Crippen LogP contribution >= 0.6 is 0 Å². The van der Waals surface area contributed by atoms with E-state index < -0.39 is 33.4 Å². The molecule has 1 aromatic heterocycles. The molecule has 0 unspecified atom stereocenters. The fourth-order valence-electron chi connectivity index (χ4n) is 3.81. The number of amides is 2. The van der Waals surface area contributed by atoms with Crippen LogP contribution in [0, 0.1) is 5.92 Å². The van der Waals surface area contributed by atoms with Crippen molar-refractivity contribution in [3.63, 3.8) is 0 Å². The van der Waals surface area contributed by atoms with Gasteiger partial charge in [0.2, 0.25) is 11.8 Å². The lowest BCUT2D eigenvalue weighted by Crippen LogP contribution is -2.24. The maximum Gasteiger partial charge on any atom is 0.402 e. The number of anilines is 1. The van der Waals surface area contributed by atoms with Crippen LogP contribution in [0.2, 0.25) is 0 Å². The number of rotatable bonds is 7. The molecule has 8 nitrogen and oxygen atoms in total. The number of sulfone groups is 1. The fraction of sp³-hybridized carbons (Fsp3) is 0.261. The molecule has 2 amide bonds. The molecule has 4 rings (SSSR count). The maximum absolute atomic E-state index is 12.6. The summed E-state index contributed by atoms with van der Waals surface area (Å²) in [7, 11) is -4.42. The van der Waals surface area contributed by atoms with Gasteiger partial charge in [0, 0.05) is 24.6 Å². The van der Waals surface area contributed by atoms with E-state index in [4.69, 9.17) is 0 Å². The van der Waals surface area contributed by atoms with Crippen molar-refractivity contribution in [3.8, 4) is 16.9 Å². The number of carbonyl (C=O) groups excluding carboxylic acids is 2. The van der Waals surface area contributed by atoms with Gasteiger partial charge in [-0.15, -0.1) is 5.10 Å². The minimum atomic E-state index is -4.82. The molecule has 12 heteroatoms. The molecule has 1 aliphatic heterocycles. The van der Waals surface area contributed by atoms with Crippen molar-refractivity contribution in [3.05, 3.63) is 66.2 Å². The monoisotopic (exact) mass is 506 g/mol. The second-order valence-electron chi connectivity index (χ2n) is 8.20. The average Bonchev–Trinajstić information content (AvgIpc) is 3.39. The number of para-hydroxylation sites is 1. The number of nitrogens with zero attached hydrogens (tertiary/aromatic N) is 2. The van der Waals surface area contributed by atoms with Gasteiger partial charge in [-0.3, -0.25) is 9.59 Å². The van der Waals surface area contributed by atoms with Gasteiger partial charge < -0.3 is 10.6 Å². The van der Waals surface area contributed by atoms with Gasteiger partial charge in [-0.2, -0.15) is 13.2 Å². The molecule has 1 fully saturated rings. The quantitative estimate of drug-likeness (QED) is 0.512. The van der Waals surface area contributed by atoms with Crippen molar-refractivity contribution in [2.75, 3.05) is 17.6 Å². The van der Waals surface area contributed by atoms with Crippen LogP contribution in [0.15, 0.2) is 60.7 Å². The first-order valence-corrected chi connectivity index (χ1v) is 12.4. The van der Waals surface area contributed by atoms with E-state index in [0.717, 1.165) is 0 Å². The first kappa shape index (κ1) is 24.5. The molecule has 3 aromatic rings. The van der Waals surface area contributed by atoms with Crippen LogP contribution in [0.4, 0.5) is 19.0 Å². The SMILES string of the molecule is O=C1C[C@H](C(=O)Nc2cc(-c3cccc(CS(=O)(=O)CC(F)(F)F)c3)n(-c3ccccc3)n2)CN1. The Bertz CT molecular complexity index is 1350. The molecule has 1 atom stereocenters. The predicted molar refractivity (Wildman–Crippen MR) is 122 cm³/mol. The standard InChI is InChI=1S/C23H21F3N4O4S/c24-23(25,26)14-35(33,34)13-15-5-4-6-16(9-15)19-11-20(28-22(32)17-10-21(31)27-12-17)29-30(19)18-7-2-1-3-8-18/h1-9,11,17H,10,12-14H2,(H,27,31)(H,28,29,32)/t17-/m0/s1. The van der Waals surface area contributed by atoms with Gasteiger partial charge in [0.1, 0.15) is 5.75 Å². The van der Waals surface area contributed by atoms with Gasteiger partial charge >= 0.3 is 6.18 Å². The molecule has 0 bridgehead atoms. The summed E-state index contributed by atoms with van der Waals surface area (Å²) in [6, 6.07) is 16.7. The van der Waals surface area contributed by atoms with E-state index in [-0.39, 0.29) is 36.2 Å². The fourth-order valence-corrected chi connectivity index (χ4v) is 5.10. The third-order valence-electron chi connectivity index (χ3n) is 5.30. The van der Waals surface area contributed by atoms with Crippen molar-refractivity contribution in [1.29, 1.82) is 0 Å². The zero-order chi connectivity index (χ0) is 25.2. The Morgan fingerprint density at radius 1 is 1.11 bits per heavy atom. The zero-order valence-electron chi connectivity index (χ0n) is 18.2. The summed E-state index contributed by atoms with van der Waals surface area (Å²) in [4.78, 5) is 24.0. The Kier molecular flexibility index (Phi) is 6.66. The highest BCUT2D eigenvalue weighted by atomic mass is 32.2. The molecule has 1 saturated heterocycles. The third-order valence-corrected chi connectivity index (χ3v) is 6.84. The average molecular weight is 507 g/mol. The highest BCUT2D eigenvalue weighted by Crippen LogP contribution is 2.28. The Hall–Kier alpha value is -3.67. The second-order valence-corrected chi connectivity index (χ2v) is 10.3. The first-order chi connectivity index (χ1) is 16.5. The van der Waals surface area contributed by atoms with Gasteiger partial charge in [0.25, 0.3) is 0 Å². The number of hydrogen-bond acceptors (Lipinski definition) is 5. The number of nitrogens with one attached hydrogen (secondary N) is 2. The summed E-state index contributed by atoms with van der Waals surface area (Å²) < 4.78 is 63.5. The van der Waals surface area contributed by atoms with E-state index in [2.05, 4.69) is 15.7 Å². The largest absolute Gasteiger partial charge is 0.402 e. The van der Waals surface area contributed by atoms with Crippen molar-refractivity contribution >= 4 is 27.5 Å². The smallest absolute Gasteiger partial charge is 0.355 e. The van der Waals surface area contributed by atoms with Crippen LogP contribution in [0.1, 0.15) is 12.0 Å². The van der Waals surface area contributed by atoms with Gasteiger partial charge in [0.15, 0.2) is 15.7 Å². The highest BCUT2D eigenvalue weighted by molar-refractivity contribution is 7.90. The molecule has 0 saturated carbocycles. The molecule has 0 radical (unpaired) electrons. The van der Waals surface area contributed by atoms with E-state index >= 15 is 0 Å². The highest BCUT2D eigenvalue weighted by Gasteiger charge is 2.35. The van der Waals surface area contributed by atoms with E-state index in [1.165, 1.54) is 16.8 Å². The molecular weight excluding hydrogens is 485 g/mol. The molecule has 2 aromatic carbocycles. The molecule has 1 aliphatic rings. The lowest BCUT2D eigenvalue weighted by molar-refractivity contribution is -0.123. The van der Waals surface area contributed by atoms with Crippen molar-refractivity contribution < 1.29 is 31.2 Å². The summed E-state index contributed by atoms with van der Waals surface area (Å²) in [6.07, 6.45) is -4.75. The lowest BCUT2D eigenvalue weighted by atomic mass is 10.1. The number of benzene rings is 2. The predicted octanol–water partition coefficient (Wildman–Crippen LogP) is 3.09. The summed E-state index contributed by atoms with van der Waals surface area (Å²) in [5.41, 5.74) is 1.82. The summed E-state index contributed by atoms with van der Waals surface area (Å²) in [5.74, 6) is -3.58. The van der Waals surface area contributed by atoms with Crippen LogP contribution in [-0.2, 0) is 25.2 Å². The van der Waals surface area contributed by atoms with E-state index in [1.807, 2.05) is 6.07 Å². The molecule has 0 spiro atoms. The molecule has 2 heterocycles. The number of hydrogen-bond donors (Lipinski definition) is 2. The molecule has 35 heavy (non-hydrogen) atoms. The van der Waals surface area contributed by atoms with Crippen molar-refractivity contribution in [2.24, 2.45) is 5.92 Å². The second kappa shape index (κ2) is 9.53. The number of carbonyl (C=O) groups is 2. The van der Waals surface area contributed by atoms with E-state index in [9.17, 15) is 31.2 Å². The minimum absolute atomic E-state index is 0.0759. The Morgan fingerprint density at radius 3 is 2.51 bits per heavy atom. The minimum Gasteiger partial charge on any atom is -0.355 e. The molecular formula is C23H21F3N4O4S. The molecule has 2 N–H and O–H groups in total. The van der Waals surface area contributed by atoms with Gasteiger partial charge in [-0.25, -0.2) is 13.1 Å². The topological polar surface area (TPSA) is 110 Å². The lowest BCUT2D eigenvalue weighted by Gasteiger charge is -2.10. The summed E-state index contributed by atoms with van der Waals surface area (Å²) in [5, 5.41) is 9.75. The van der Waals surface area contributed by atoms with Crippen LogP contribution in [0.3, 0.4) is 0 Å². The summed E-state index contributed by atoms with van der Waals surface area (Å²) in [6.45, 7) is 0.228. The van der Waals surface area contributed by atoms with E-state index in [1.54, 1.807) is 42.5 Å². The van der Waals surface area contributed by atoms with Crippen molar-refractivity contribution in [1.82, 2.24) is 15.1 Å². The number of alkyl halides is 3. The van der Waals surface area contributed by atoms with Crippen LogP contribution < -0.4 is 10.6 Å². The maximum atomic E-state index is 12.6. The Labute approximate surface area is 199 Å². The zero-order valence-corrected chi connectivity index (χ0v) is 19.1. The van der Waals surface area contributed by atoms with Crippen LogP contribution in [-0.4, -0.2) is 48.5 Å². The third kappa shape index (κ3) is 6.27. The Balaban J connectivity index is 1.66. The van der Waals surface area contributed by atoms with E-state index in [0.29, 0.717) is 16.9 Å². The normalized spacial score (nSPS) is 16.2. The Morgan fingerprint density at radius 2 is 1.86 bits per heavy atom.